The smallest absolute Gasteiger partial charge is 0.308 e. The SMILES string of the molecule is CC(=O)Oc1ccccc1CO[C@H]1C(N)OC[C@H]1O. The van der Waals surface area contributed by atoms with Crippen molar-refractivity contribution in [1.29, 1.82) is 0 Å². The van der Waals surface area contributed by atoms with Gasteiger partial charge in [-0.05, 0) is 6.07 Å². The molecule has 3 atom stereocenters. The molecule has 3 N–H and O–H groups in total. The van der Waals surface area contributed by atoms with Crippen LogP contribution in [-0.4, -0.2) is 36.1 Å². The number of benzene rings is 1. The van der Waals surface area contributed by atoms with Gasteiger partial charge in [0.25, 0.3) is 0 Å². The van der Waals surface area contributed by atoms with Gasteiger partial charge < -0.3 is 25.1 Å². The molecule has 104 valence electrons. The molecule has 1 aromatic carbocycles. The van der Waals surface area contributed by atoms with Gasteiger partial charge in [-0.3, -0.25) is 4.79 Å². The lowest BCUT2D eigenvalue weighted by Gasteiger charge is -2.18. The molecule has 0 aliphatic carbocycles. The van der Waals surface area contributed by atoms with Gasteiger partial charge in [-0.25, -0.2) is 0 Å². The third-order valence-corrected chi connectivity index (χ3v) is 2.82. The van der Waals surface area contributed by atoms with E-state index in [-0.39, 0.29) is 13.2 Å². The number of nitrogens with two attached hydrogens (primary N) is 1. The summed E-state index contributed by atoms with van der Waals surface area (Å²) in [5.41, 5.74) is 6.37. The molecule has 0 saturated carbocycles. The molecule has 0 aromatic heterocycles. The minimum absolute atomic E-state index is 0.164. The summed E-state index contributed by atoms with van der Waals surface area (Å²) in [5.74, 6) is 0.0466. The van der Waals surface area contributed by atoms with Crippen molar-refractivity contribution in [2.24, 2.45) is 5.73 Å². The van der Waals surface area contributed by atoms with Crippen LogP contribution in [0.2, 0.25) is 0 Å². The standard InChI is InChI=1S/C13H17NO5/c1-8(15)19-11-5-3-2-4-9(11)6-17-12-10(16)7-18-13(12)14/h2-5,10,12-13,16H,6-7,14H2,1H3/t10-,12-,13?/m1/s1. The van der Waals surface area contributed by atoms with Crippen LogP contribution in [0.3, 0.4) is 0 Å². The van der Waals surface area contributed by atoms with Crippen LogP contribution in [0.15, 0.2) is 24.3 Å². The first-order valence-corrected chi connectivity index (χ1v) is 6.01. The fraction of sp³-hybridized carbons (Fsp3) is 0.462. The molecule has 1 aliphatic heterocycles. The molecule has 0 radical (unpaired) electrons. The number of aliphatic hydroxyl groups is 1. The van der Waals surface area contributed by atoms with Crippen molar-refractivity contribution in [2.75, 3.05) is 6.61 Å². The van der Waals surface area contributed by atoms with Crippen molar-refractivity contribution in [3.63, 3.8) is 0 Å². The monoisotopic (exact) mass is 267 g/mol. The quantitative estimate of drug-likeness (QED) is 0.597. The number of esters is 1. The van der Waals surface area contributed by atoms with E-state index < -0.39 is 24.4 Å². The molecule has 0 spiro atoms. The van der Waals surface area contributed by atoms with Crippen molar-refractivity contribution in [3.8, 4) is 5.75 Å². The second-order valence-electron chi connectivity index (χ2n) is 4.34. The molecule has 1 saturated heterocycles. The summed E-state index contributed by atoms with van der Waals surface area (Å²) in [6.45, 7) is 1.68. The van der Waals surface area contributed by atoms with Gasteiger partial charge in [0.2, 0.25) is 0 Å². The Morgan fingerprint density at radius 3 is 2.89 bits per heavy atom. The van der Waals surface area contributed by atoms with E-state index in [9.17, 15) is 9.90 Å². The van der Waals surface area contributed by atoms with Crippen LogP contribution < -0.4 is 10.5 Å². The van der Waals surface area contributed by atoms with E-state index in [0.29, 0.717) is 11.3 Å². The Morgan fingerprint density at radius 1 is 1.53 bits per heavy atom. The topological polar surface area (TPSA) is 91.0 Å². The molecular weight excluding hydrogens is 250 g/mol. The van der Waals surface area contributed by atoms with Crippen molar-refractivity contribution in [1.82, 2.24) is 0 Å². The van der Waals surface area contributed by atoms with Crippen LogP contribution in [0.4, 0.5) is 0 Å². The van der Waals surface area contributed by atoms with E-state index in [4.69, 9.17) is 19.9 Å². The summed E-state index contributed by atoms with van der Waals surface area (Å²) >= 11 is 0. The Morgan fingerprint density at radius 2 is 2.26 bits per heavy atom. The largest absolute Gasteiger partial charge is 0.426 e. The van der Waals surface area contributed by atoms with Crippen molar-refractivity contribution < 1.29 is 24.1 Å². The highest BCUT2D eigenvalue weighted by Gasteiger charge is 2.34. The minimum Gasteiger partial charge on any atom is -0.426 e. The number of aliphatic hydroxyl groups excluding tert-OH is 1. The first-order valence-electron chi connectivity index (χ1n) is 6.01. The summed E-state index contributed by atoms with van der Waals surface area (Å²) in [6.07, 6.45) is -1.96. The van der Waals surface area contributed by atoms with Gasteiger partial charge in [-0.1, -0.05) is 18.2 Å². The molecule has 19 heavy (non-hydrogen) atoms. The number of hydrogen-bond acceptors (Lipinski definition) is 6. The number of rotatable bonds is 4. The van der Waals surface area contributed by atoms with Crippen LogP contribution in [-0.2, 0) is 20.9 Å². The van der Waals surface area contributed by atoms with Crippen LogP contribution in [0.5, 0.6) is 5.75 Å². The van der Waals surface area contributed by atoms with E-state index in [0.717, 1.165) is 0 Å². The van der Waals surface area contributed by atoms with Crippen molar-refractivity contribution >= 4 is 5.97 Å². The Balaban J connectivity index is 2.01. The normalized spacial score (nSPS) is 26.4. The first kappa shape index (κ1) is 14.0. The molecule has 1 heterocycles. The molecule has 1 fully saturated rings. The molecule has 0 bridgehead atoms. The number of carbonyl (C=O) groups excluding carboxylic acids is 1. The van der Waals surface area contributed by atoms with E-state index >= 15 is 0 Å². The van der Waals surface area contributed by atoms with Crippen molar-refractivity contribution in [2.45, 2.75) is 32.0 Å². The fourth-order valence-corrected chi connectivity index (χ4v) is 1.89. The van der Waals surface area contributed by atoms with E-state index in [2.05, 4.69) is 0 Å². The fourth-order valence-electron chi connectivity index (χ4n) is 1.89. The Labute approximate surface area is 111 Å². The highest BCUT2D eigenvalue weighted by Crippen LogP contribution is 2.22. The zero-order valence-corrected chi connectivity index (χ0v) is 10.6. The van der Waals surface area contributed by atoms with Gasteiger partial charge >= 0.3 is 5.97 Å². The highest BCUT2D eigenvalue weighted by molar-refractivity contribution is 5.69. The molecule has 6 heteroatoms. The molecule has 2 rings (SSSR count). The molecule has 1 aliphatic rings. The minimum atomic E-state index is -0.740. The summed E-state index contributed by atoms with van der Waals surface area (Å²) in [4.78, 5) is 11.0. The lowest BCUT2D eigenvalue weighted by atomic mass is 10.2. The van der Waals surface area contributed by atoms with Gasteiger partial charge in [0, 0.05) is 12.5 Å². The average Bonchev–Trinajstić information content (AvgIpc) is 2.68. The summed E-state index contributed by atoms with van der Waals surface area (Å²) in [6, 6.07) is 7.04. The molecule has 0 amide bonds. The third kappa shape index (κ3) is 3.51. The number of carbonyl (C=O) groups is 1. The van der Waals surface area contributed by atoms with Gasteiger partial charge in [-0.2, -0.15) is 0 Å². The number of hydrogen-bond donors (Lipinski definition) is 2. The second kappa shape index (κ2) is 6.12. The predicted octanol–water partition coefficient (Wildman–Crippen LogP) is 0.173. The van der Waals surface area contributed by atoms with Gasteiger partial charge in [-0.15, -0.1) is 0 Å². The highest BCUT2D eigenvalue weighted by atomic mass is 16.6. The maximum Gasteiger partial charge on any atom is 0.308 e. The third-order valence-electron chi connectivity index (χ3n) is 2.82. The molecule has 1 aromatic rings. The Bertz CT molecular complexity index is 440. The van der Waals surface area contributed by atoms with E-state index in [1.807, 2.05) is 6.07 Å². The maximum atomic E-state index is 11.0. The Hall–Kier alpha value is -1.47. The molecule has 1 unspecified atom stereocenters. The Kier molecular flexibility index (Phi) is 4.49. The summed E-state index contributed by atoms with van der Waals surface area (Å²) in [5, 5.41) is 9.64. The van der Waals surface area contributed by atoms with Gasteiger partial charge in [0.15, 0.2) is 0 Å². The zero-order valence-electron chi connectivity index (χ0n) is 10.6. The first-order chi connectivity index (χ1) is 9.08. The van der Waals surface area contributed by atoms with Crippen LogP contribution in [0.1, 0.15) is 12.5 Å². The van der Waals surface area contributed by atoms with Gasteiger partial charge in [0.1, 0.15) is 24.2 Å². The van der Waals surface area contributed by atoms with E-state index in [1.54, 1.807) is 18.2 Å². The van der Waals surface area contributed by atoms with Crippen LogP contribution in [0.25, 0.3) is 0 Å². The average molecular weight is 267 g/mol. The molecule has 6 nitrogen and oxygen atoms in total. The van der Waals surface area contributed by atoms with Crippen molar-refractivity contribution in [3.05, 3.63) is 29.8 Å². The maximum absolute atomic E-state index is 11.0. The van der Waals surface area contributed by atoms with Crippen LogP contribution >= 0.6 is 0 Å². The summed E-state index contributed by atoms with van der Waals surface area (Å²) in [7, 11) is 0. The number of ether oxygens (including phenoxy) is 3. The van der Waals surface area contributed by atoms with Gasteiger partial charge in [0.05, 0.1) is 13.2 Å². The molecular formula is C13H17NO5. The number of para-hydroxylation sites is 1. The lowest BCUT2D eigenvalue weighted by Crippen LogP contribution is -2.38. The zero-order chi connectivity index (χ0) is 13.8. The van der Waals surface area contributed by atoms with Crippen LogP contribution in [0, 0.1) is 0 Å². The lowest BCUT2D eigenvalue weighted by molar-refractivity contribution is -0.132. The summed E-state index contributed by atoms with van der Waals surface area (Å²) < 4.78 is 15.7. The van der Waals surface area contributed by atoms with E-state index in [1.165, 1.54) is 6.92 Å². The predicted molar refractivity (Wildman–Crippen MR) is 66.3 cm³/mol. The second-order valence-corrected chi connectivity index (χ2v) is 4.34.